The molecule has 1 N–H and O–H groups in total. The maximum atomic E-state index is 5.53. The lowest BCUT2D eigenvalue weighted by Gasteiger charge is -2.32. The highest BCUT2D eigenvalue weighted by atomic mass is 16.5. The Morgan fingerprint density at radius 1 is 1.24 bits per heavy atom. The van der Waals surface area contributed by atoms with Crippen LogP contribution in [0.3, 0.4) is 0 Å². The molecule has 3 heteroatoms. The van der Waals surface area contributed by atoms with Crippen molar-refractivity contribution in [1.82, 2.24) is 10.2 Å². The number of hydrogen-bond donors (Lipinski definition) is 1. The highest BCUT2D eigenvalue weighted by Gasteiger charge is 2.21. The first-order chi connectivity index (χ1) is 10.2. The lowest BCUT2D eigenvalue weighted by atomic mass is 9.85. The van der Waals surface area contributed by atoms with E-state index in [1.165, 1.54) is 31.4 Å². The molecule has 0 radical (unpaired) electrons. The maximum absolute atomic E-state index is 5.53. The molecule has 0 bridgehead atoms. The Balaban J connectivity index is 1.92. The molecule has 1 unspecified atom stereocenters. The molecule has 0 aliphatic heterocycles. The zero-order chi connectivity index (χ0) is 15.1. The summed E-state index contributed by atoms with van der Waals surface area (Å²) in [5.74, 6) is 1.89. The van der Waals surface area contributed by atoms with E-state index >= 15 is 0 Å². The van der Waals surface area contributed by atoms with Crippen LogP contribution >= 0.6 is 0 Å². The van der Waals surface area contributed by atoms with E-state index in [1.807, 2.05) is 6.92 Å². The third kappa shape index (κ3) is 5.01. The normalized spacial score (nSPS) is 16.8. The lowest BCUT2D eigenvalue weighted by Crippen LogP contribution is -2.37. The second-order valence-electron chi connectivity index (χ2n) is 6.13. The molecule has 3 nitrogen and oxygen atoms in total. The number of hydrogen-bond acceptors (Lipinski definition) is 3. The van der Waals surface area contributed by atoms with Crippen LogP contribution in [0.4, 0.5) is 0 Å². The van der Waals surface area contributed by atoms with E-state index in [4.69, 9.17) is 4.74 Å². The molecule has 0 heterocycles. The van der Waals surface area contributed by atoms with Gasteiger partial charge < -0.3 is 15.0 Å². The third-order valence-electron chi connectivity index (χ3n) is 4.33. The molecule has 1 aliphatic rings. The molecule has 118 valence electrons. The minimum Gasteiger partial charge on any atom is -0.494 e. The van der Waals surface area contributed by atoms with Crippen molar-refractivity contribution in [3.05, 3.63) is 29.8 Å². The fourth-order valence-electron chi connectivity index (χ4n) is 3.00. The number of nitrogens with zero attached hydrogens (tertiary/aromatic N) is 1. The molecule has 1 aromatic carbocycles. The van der Waals surface area contributed by atoms with Crippen LogP contribution in [0.1, 0.15) is 44.7 Å². The largest absolute Gasteiger partial charge is 0.494 e. The topological polar surface area (TPSA) is 24.5 Å². The van der Waals surface area contributed by atoms with Gasteiger partial charge in [0.15, 0.2) is 0 Å². The minimum absolute atomic E-state index is 0.399. The third-order valence-corrected chi connectivity index (χ3v) is 4.33. The summed E-state index contributed by atoms with van der Waals surface area (Å²) in [5, 5.41) is 3.61. The Morgan fingerprint density at radius 2 is 1.95 bits per heavy atom. The number of benzene rings is 1. The van der Waals surface area contributed by atoms with E-state index in [1.54, 1.807) is 0 Å². The highest BCUT2D eigenvalue weighted by molar-refractivity contribution is 5.29. The van der Waals surface area contributed by atoms with Crippen LogP contribution in [-0.4, -0.2) is 38.2 Å². The smallest absolute Gasteiger partial charge is 0.119 e. The second kappa shape index (κ2) is 8.40. The Bertz CT molecular complexity index is 400. The van der Waals surface area contributed by atoms with Crippen molar-refractivity contribution in [2.45, 2.75) is 39.2 Å². The first-order valence-electron chi connectivity index (χ1n) is 8.37. The lowest BCUT2D eigenvalue weighted by molar-refractivity contribution is 0.192. The minimum atomic E-state index is 0.399. The average molecular weight is 290 g/mol. The summed E-state index contributed by atoms with van der Waals surface area (Å²) in [7, 11) is 2.25. The number of likely N-dealkylation sites (N-methyl/N-ethyl adjacent to an activating group) is 2. The maximum Gasteiger partial charge on any atom is 0.119 e. The molecule has 21 heavy (non-hydrogen) atoms. The Labute approximate surface area is 129 Å². The average Bonchev–Trinajstić information content (AvgIpc) is 2.44. The van der Waals surface area contributed by atoms with E-state index in [2.05, 4.69) is 48.5 Å². The Morgan fingerprint density at radius 3 is 2.48 bits per heavy atom. The van der Waals surface area contributed by atoms with Crippen molar-refractivity contribution in [3.63, 3.8) is 0 Å². The van der Waals surface area contributed by atoms with E-state index in [9.17, 15) is 0 Å². The fraction of sp³-hybridized carbons (Fsp3) is 0.667. The van der Waals surface area contributed by atoms with Gasteiger partial charge in [-0.2, -0.15) is 0 Å². The van der Waals surface area contributed by atoms with E-state index in [0.717, 1.165) is 31.4 Å². The summed E-state index contributed by atoms with van der Waals surface area (Å²) in [6.45, 7) is 8.21. The zero-order valence-electron chi connectivity index (χ0n) is 13.8. The number of ether oxygens (including phenoxy) is 1. The standard InChI is InChI=1S/C18H30N2O/c1-4-19-18(14-20(3)13-15-7-6-8-15)16-9-11-17(12-10-16)21-5-2/h9-12,15,18-19H,4-8,13-14H2,1-3H3. The Kier molecular flexibility index (Phi) is 6.52. The molecule has 0 amide bonds. The summed E-state index contributed by atoms with van der Waals surface area (Å²) in [4.78, 5) is 2.48. The molecule has 1 aliphatic carbocycles. The van der Waals surface area contributed by atoms with Gasteiger partial charge in [0, 0.05) is 19.1 Å². The van der Waals surface area contributed by atoms with Crippen molar-refractivity contribution >= 4 is 0 Å². The van der Waals surface area contributed by atoms with Crippen LogP contribution in [0.5, 0.6) is 5.75 Å². The molecule has 1 atom stereocenters. The van der Waals surface area contributed by atoms with Crippen LogP contribution in [0.2, 0.25) is 0 Å². The molecule has 0 saturated heterocycles. The van der Waals surface area contributed by atoms with Crippen molar-refractivity contribution in [2.24, 2.45) is 5.92 Å². The van der Waals surface area contributed by atoms with Gasteiger partial charge in [-0.15, -0.1) is 0 Å². The van der Waals surface area contributed by atoms with Gasteiger partial charge in [-0.3, -0.25) is 0 Å². The number of nitrogens with one attached hydrogen (secondary N) is 1. The molecule has 1 fully saturated rings. The predicted molar refractivity (Wildman–Crippen MR) is 88.9 cm³/mol. The van der Waals surface area contributed by atoms with Gasteiger partial charge in [-0.1, -0.05) is 25.5 Å². The van der Waals surface area contributed by atoms with Gasteiger partial charge in [0.25, 0.3) is 0 Å². The summed E-state index contributed by atoms with van der Waals surface area (Å²) in [5.41, 5.74) is 1.35. The van der Waals surface area contributed by atoms with Crippen LogP contribution in [0.25, 0.3) is 0 Å². The van der Waals surface area contributed by atoms with Gasteiger partial charge in [0.1, 0.15) is 5.75 Å². The quantitative estimate of drug-likeness (QED) is 0.753. The molecular weight excluding hydrogens is 260 g/mol. The summed E-state index contributed by atoms with van der Waals surface area (Å²) < 4.78 is 5.53. The van der Waals surface area contributed by atoms with Crippen LogP contribution in [0, 0.1) is 5.92 Å². The van der Waals surface area contributed by atoms with E-state index in [0.29, 0.717) is 6.04 Å². The molecular formula is C18H30N2O. The molecule has 1 aromatic rings. The van der Waals surface area contributed by atoms with Gasteiger partial charge in [-0.05, 0) is 57.0 Å². The van der Waals surface area contributed by atoms with E-state index < -0.39 is 0 Å². The van der Waals surface area contributed by atoms with Gasteiger partial charge in [0.05, 0.1) is 6.61 Å². The fourth-order valence-corrected chi connectivity index (χ4v) is 3.00. The zero-order valence-corrected chi connectivity index (χ0v) is 13.8. The first-order valence-corrected chi connectivity index (χ1v) is 8.37. The van der Waals surface area contributed by atoms with Crippen molar-refractivity contribution in [2.75, 3.05) is 33.3 Å². The second-order valence-corrected chi connectivity index (χ2v) is 6.13. The molecule has 0 aromatic heterocycles. The molecule has 2 rings (SSSR count). The SMILES string of the molecule is CCNC(CN(C)CC1CCC1)c1ccc(OCC)cc1. The van der Waals surface area contributed by atoms with Crippen molar-refractivity contribution in [3.8, 4) is 5.75 Å². The van der Waals surface area contributed by atoms with Crippen molar-refractivity contribution < 1.29 is 4.74 Å². The first kappa shape index (κ1) is 16.3. The highest BCUT2D eigenvalue weighted by Crippen LogP contribution is 2.27. The van der Waals surface area contributed by atoms with Gasteiger partial charge in [-0.25, -0.2) is 0 Å². The van der Waals surface area contributed by atoms with Crippen LogP contribution in [0.15, 0.2) is 24.3 Å². The van der Waals surface area contributed by atoms with Crippen molar-refractivity contribution in [1.29, 1.82) is 0 Å². The Hall–Kier alpha value is -1.06. The van der Waals surface area contributed by atoms with E-state index in [-0.39, 0.29) is 0 Å². The molecule has 0 spiro atoms. The monoisotopic (exact) mass is 290 g/mol. The summed E-state index contributed by atoms with van der Waals surface area (Å²) >= 11 is 0. The van der Waals surface area contributed by atoms with Gasteiger partial charge >= 0.3 is 0 Å². The predicted octanol–water partition coefficient (Wildman–Crippen LogP) is 3.47. The van der Waals surface area contributed by atoms with Gasteiger partial charge in [0.2, 0.25) is 0 Å². The number of rotatable bonds is 9. The summed E-state index contributed by atoms with van der Waals surface area (Å²) in [6.07, 6.45) is 4.26. The molecule has 1 saturated carbocycles. The van der Waals surface area contributed by atoms with Crippen LogP contribution in [-0.2, 0) is 0 Å². The summed E-state index contributed by atoms with van der Waals surface area (Å²) in [6, 6.07) is 8.94. The van der Waals surface area contributed by atoms with Crippen LogP contribution < -0.4 is 10.1 Å².